The van der Waals surface area contributed by atoms with Gasteiger partial charge in [0.05, 0.1) is 5.69 Å². The summed E-state index contributed by atoms with van der Waals surface area (Å²) in [6.45, 7) is 5.23. The van der Waals surface area contributed by atoms with Crippen LogP contribution in [-0.4, -0.2) is 21.1 Å². The van der Waals surface area contributed by atoms with Crippen molar-refractivity contribution in [2.75, 3.05) is 11.9 Å². The average Bonchev–Trinajstić information content (AvgIpc) is 2.89. The number of nitrogens with zero attached hydrogens (tertiary/aromatic N) is 3. The zero-order chi connectivity index (χ0) is 14.2. The number of aryl methyl sites for hydroxylation is 1. The normalized spacial score (nSPS) is 10.7. The topological polar surface area (TPSA) is 42.7 Å². The van der Waals surface area contributed by atoms with Crippen LogP contribution in [0.25, 0.3) is 5.82 Å². The van der Waals surface area contributed by atoms with Crippen LogP contribution in [-0.2, 0) is 0 Å². The van der Waals surface area contributed by atoms with Gasteiger partial charge < -0.3 is 5.32 Å². The minimum Gasteiger partial charge on any atom is -0.382 e. The van der Waals surface area contributed by atoms with Gasteiger partial charge in [-0.25, -0.2) is 9.97 Å². The lowest BCUT2D eigenvalue weighted by Gasteiger charge is -2.12. The van der Waals surface area contributed by atoms with Crippen molar-refractivity contribution in [3.05, 3.63) is 36.5 Å². The van der Waals surface area contributed by atoms with Gasteiger partial charge in [-0.3, -0.25) is 4.57 Å². The van der Waals surface area contributed by atoms with E-state index in [1.54, 1.807) is 6.20 Å². The Balaban J connectivity index is 1.94. The number of aromatic nitrogens is 3. The second kappa shape index (κ2) is 7.68. The number of unbranched alkanes of at least 4 members (excludes halogenated alkanes) is 4. The van der Waals surface area contributed by atoms with Gasteiger partial charge in [0.2, 0.25) is 0 Å². The van der Waals surface area contributed by atoms with Crippen molar-refractivity contribution >= 4 is 5.69 Å². The summed E-state index contributed by atoms with van der Waals surface area (Å²) in [5, 5.41) is 3.49. The Hall–Kier alpha value is -1.84. The molecule has 0 spiro atoms. The van der Waals surface area contributed by atoms with Gasteiger partial charge in [-0.05, 0) is 25.5 Å². The maximum atomic E-state index is 4.47. The van der Waals surface area contributed by atoms with Crippen molar-refractivity contribution in [1.29, 1.82) is 0 Å². The van der Waals surface area contributed by atoms with Crippen molar-refractivity contribution < 1.29 is 0 Å². The van der Waals surface area contributed by atoms with Gasteiger partial charge in [0.1, 0.15) is 5.82 Å². The zero-order valence-electron chi connectivity index (χ0n) is 12.5. The smallest absolute Gasteiger partial charge is 0.161 e. The predicted octanol–water partition coefficient (Wildman–Crippen LogP) is 3.96. The molecule has 2 aromatic rings. The molecule has 2 aromatic heterocycles. The van der Waals surface area contributed by atoms with Crippen molar-refractivity contribution in [3.63, 3.8) is 0 Å². The lowest BCUT2D eigenvalue weighted by atomic mass is 10.1. The minimum atomic E-state index is 0.927. The first-order valence-electron chi connectivity index (χ1n) is 7.52. The fraction of sp³-hybridized carbons (Fsp3) is 0.500. The van der Waals surface area contributed by atoms with E-state index >= 15 is 0 Å². The van der Waals surface area contributed by atoms with Crippen molar-refractivity contribution in [1.82, 2.24) is 14.5 Å². The van der Waals surface area contributed by atoms with Crippen molar-refractivity contribution in [3.8, 4) is 5.82 Å². The van der Waals surface area contributed by atoms with Crippen LogP contribution in [0.2, 0.25) is 0 Å². The zero-order valence-corrected chi connectivity index (χ0v) is 12.5. The number of hydrogen-bond acceptors (Lipinski definition) is 3. The van der Waals surface area contributed by atoms with E-state index in [-0.39, 0.29) is 0 Å². The standard InChI is InChI=1S/C16H24N4/c1-3-4-5-6-7-10-18-15-9-8-11-19-16(15)20-13-12-17-14(20)2/h8-9,11-13,18H,3-7,10H2,1-2H3. The fourth-order valence-electron chi connectivity index (χ4n) is 2.28. The average molecular weight is 272 g/mol. The summed E-state index contributed by atoms with van der Waals surface area (Å²) in [5.74, 6) is 1.88. The van der Waals surface area contributed by atoms with Crippen LogP contribution in [0.1, 0.15) is 44.9 Å². The largest absolute Gasteiger partial charge is 0.382 e. The third kappa shape index (κ3) is 3.83. The molecule has 2 rings (SSSR count). The van der Waals surface area contributed by atoms with Crippen LogP contribution in [0.4, 0.5) is 5.69 Å². The van der Waals surface area contributed by atoms with E-state index in [1.165, 1.54) is 32.1 Å². The Morgan fingerprint density at radius 3 is 2.70 bits per heavy atom. The minimum absolute atomic E-state index is 0.927. The first-order valence-corrected chi connectivity index (χ1v) is 7.52. The second-order valence-corrected chi connectivity index (χ2v) is 5.06. The quantitative estimate of drug-likeness (QED) is 0.740. The Morgan fingerprint density at radius 2 is 1.95 bits per heavy atom. The van der Waals surface area contributed by atoms with E-state index in [2.05, 4.69) is 28.3 Å². The third-order valence-corrected chi connectivity index (χ3v) is 3.44. The van der Waals surface area contributed by atoms with Gasteiger partial charge in [0.25, 0.3) is 0 Å². The van der Waals surface area contributed by atoms with Crippen molar-refractivity contribution in [2.24, 2.45) is 0 Å². The summed E-state index contributed by atoms with van der Waals surface area (Å²) < 4.78 is 2.01. The molecule has 1 N–H and O–H groups in total. The van der Waals surface area contributed by atoms with Gasteiger partial charge in [-0.2, -0.15) is 0 Å². The van der Waals surface area contributed by atoms with Gasteiger partial charge in [-0.15, -0.1) is 0 Å². The summed E-state index contributed by atoms with van der Waals surface area (Å²) in [4.78, 5) is 8.73. The van der Waals surface area contributed by atoms with Gasteiger partial charge in [0.15, 0.2) is 5.82 Å². The van der Waals surface area contributed by atoms with Crippen molar-refractivity contribution in [2.45, 2.75) is 46.0 Å². The molecule has 0 saturated carbocycles. The van der Waals surface area contributed by atoms with E-state index in [9.17, 15) is 0 Å². The second-order valence-electron chi connectivity index (χ2n) is 5.06. The first-order chi connectivity index (χ1) is 9.83. The molecule has 0 aliphatic carbocycles. The highest BCUT2D eigenvalue weighted by Crippen LogP contribution is 2.18. The molecule has 108 valence electrons. The maximum absolute atomic E-state index is 4.47. The van der Waals surface area contributed by atoms with E-state index in [1.807, 2.05) is 30.0 Å². The molecule has 0 radical (unpaired) electrons. The lowest BCUT2D eigenvalue weighted by molar-refractivity contribution is 0.645. The SMILES string of the molecule is CCCCCCCNc1cccnc1-n1ccnc1C. The summed E-state index contributed by atoms with van der Waals surface area (Å²) in [6, 6.07) is 4.04. The Bertz CT molecular complexity index is 519. The summed E-state index contributed by atoms with van der Waals surface area (Å²) >= 11 is 0. The van der Waals surface area contributed by atoms with Crippen LogP contribution in [0, 0.1) is 6.92 Å². The van der Waals surface area contributed by atoms with Crippen LogP contribution in [0.5, 0.6) is 0 Å². The molecule has 4 nitrogen and oxygen atoms in total. The highest BCUT2D eigenvalue weighted by Gasteiger charge is 2.07. The summed E-state index contributed by atoms with van der Waals surface area (Å²) in [5.41, 5.74) is 1.07. The van der Waals surface area contributed by atoms with Crippen LogP contribution >= 0.6 is 0 Å². The highest BCUT2D eigenvalue weighted by atomic mass is 15.1. The van der Waals surface area contributed by atoms with Crippen LogP contribution in [0.15, 0.2) is 30.7 Å². The molecule has 0 unspecified atom stereocenters. The number of anilines is 1. The van der Waals surface area contributed by atoms with Crippen LogP contribution in [0.3, 0.4) is 0 Å². The number of pyridine rings is 1. The third-order valence-electron chi connectivity index (χ3n) is 3.44. The molecule has 0 aliphatic heterocycles. The number of imidazole rings is 1. The Kier molecular flexibility index (Phi) is 5.59. The van der Waals surface area contributed by atoms with E-state index in [4.69, 9.17) is 0 Å². The lowest BCUT2D eigenvalue weighted by Crippen LogP contribution is -2.08. The molecule has 0 atom stereocenters. The molecule has 0 saturated heterocycles. The number of rotatable bonds is 8. The van der Waals surface area contributed by atoms with E-state index in [0.29, 0.717) is 0 Å². The molecule has 2 heterocycles. The van der Waals surface area contributed by atoms with Gasteiger partial charge in [-0.1, -0.05) is 32.6 Å². The molecule has 20 heavy (non-hydrogen) atoms. The first kappa shape index (κ1) is 14.6. The Morgan fingerprint density at radius 1 is 1.10 bits per heavy atom. The molecule has 0 fully saturated rings. The number of nitrogens with one attached hydrogen (secondary N) is 1. The molecule has 0 aliphatic rings. The predicted molar refractivity (Wildman–Crippen MR) is 83.3 cm³/mol. The molecular weight excluding hydrogens is 248 g/mol. The summed E-state index contributed by atoms with van der Waals surface area (Å²) in [6.07, 6.45) is 12.0. The molecule has 0 bridgehead atoms. The molecular formula is C16H24N4. The molecule has 0 amide bonds. The van der Waals surface area contributed by atoms with Crippen LogP contribution < -0.4 is 5.32 Å². The summed E-state index contributed by atoms with van der Waals surface area (Å²) in [7, 11) is 0. The monoisotopic (exact) mass is 272 g/mol. The Labute approximate surface area is 121 Å². The van der Waals surface area contributed by atoms with E-state index < -0.39 is 0 Å². The maximum Gasteiger partial charge on any atom is 0.161 e. The molecule has 4 heteroatoms. The van der Waals surface area contributed by atoms with E-state index in [0.717, 1.165) is 23.9 Å². The number of hydrogen-bond donors (Lipinski definition) is 1. The van der Waals surface area contributed by atoms with Gasteiger partial charge in [0, 0.05) is 25.1 Å². The molecule has 0 aromatic carbocycles. The fourth-order valence-corrected chi connectivity index (χ4v) is 2.28. The van der Waals surface area contributed by atoms with Gasteiger partial charge >= 0.3 is 0 Å². The highest BCUT2D eigenvalue weighted by molar-refractivity contribution is 5.56.